The second kappa shape index (κ2) is 9.21. The third kappa shape index (κ3) is 7.63. The highest BCUT2D eigenvalue weighted by Crippen LogP contribution is 2.11. The maximum Gasteiger partial charge on any atom is 0.150 e. The highest BCUT2D eigenvalue weighted by Gasteiger charge is 2.11. The maximum absolute atomic E-state index is 11.5. The van der Waals surface area contributed by atoms with Gasteiger partial charge in [0, 0.05) is 11.8 Å². The molecule has 1 N–H and O–H groups in total. The van der Waals surface area contributed by atoms with Gasteiger partial charge in [-0.3, -0.25) is 0 Å². The SMILES string of the molecule is CCNC(CCCS(=O)(=O)CC)CCc1ccc(C)cc1. The normalized spacial score (nSPS) is 13.3. The van der Waals surface area contributed by atoms with Crippen LogP contribution in [0.4, 0.5) is 0 Å². The Balaban J connectivity index is 2.40. The number of aryl methyl sites for hydroxylation is 2. The van der Waals surface area contributed by atoms with Crippen molar-refractivity contribution in [1.82, 2.24) is 5.32 Å². The van der Waals surface area contributed by atoms with Crippen LogP contribution >= 0.6 is 0 Å². The topological polar surface area (TPSA) is 46.2 Å². The van der Waals surface area contributed by atoms with E-state index < -0.39 is 9.84 Å². The van der Waals surface area contributed by atoms with Crippen LogP contribution in [-0.4, -0.2) is 32.5 Å². The van der Waals surface area contributed by atoms with Crippen molar-refractivity contribution in [3.63, 3.8) is 0 Å². The van der Waals surface area contributed by atoms with Crippen molar-refractivity contribution in [3.8, 4) is 0 Å². The van der Waals surface area contributed by atoms with Crippen molar-refractivity contribution in [1.29, 1.82) is 0 Å². The van der Waals surface area contributed by atoms with Crippen LogP contribution < -0.4 is 5.32 Å². The summed E-state index contributed by atoms with van der Waals surface area (Å²) in [6, 6.07) is 9.06. The molecular formula is C17H29NO2S. The predicted molar refractivity (Wildman–Crippen MR) is 90.5 cm³/mol. The monoisotopic (exact) mass is 311 g/mol. The zero-order valence-electron chi connectivity index (χ0n) is 13.6. The lowest BCUT2D eigenvalue weighted by atomic mass is 10.0. The first-order valence-corrected chi connectivity index (χ1v) is 9.78. The molecular weight excluding hydrogens is 282 g/mol. The van der Waals surface area contributed by atoms with Gasteiger partial charge in [-0.1, -0.05) is 43.7 Å². The molecule has 0 bridgehead atoms. The van der Waals surface area contributed by atoms with Crippen LogP contribution in [0.1, 0.15) is 44.2 Å². The Hall–Kier alpha value is -0.870. The van der Waals surface area contributed by atoms with Crippen LogP contribution in [0.15, 0.2) is 24.3 Å². The van der Waals surface area contributed by atoms with Crippen LogP contribution in [-0.2, 0) is 16.3 Å². The molecule has 1 aromatic rings. The van der Waals surface area contributed by atoms with E-state index in [9.17, 15) is 8.42 Å². The molecule has 120 valence electrons. The molecule has 3 nitrogen and oxygen atoms in total. The van der Waals surface area contributed by atoms with E-state index in [1.54, 1.807) is 6.92 Å². The molecule has 0 aliphatic rings. The van der Waals surface area contributed by atoms with E-state index in [-0.39, 0.29) is 5.75 Å². The van der Waals surface area contributed by atoms with Gasteiger partial charge < -0.3 is 5.32 Å². The summed E-state index contributed by atoms with van der Waals surface area (Å²) >= 11 is 0. The number of sulfone groups is 1. The Morgan fingerprint density at radius 2 is 1.76 bits per heavy atom. The van der Waals surface area contributed by atoms with Crippen molar-refractivity contribution >= 4 is 9.84 Å². The lowest BCUT2D eigenvalue weighted by molar-refractivity contribution is 0.459. The van der Waals surface area contributed by atoms with Crippen molar-refractivity contribution in [2.24, 2.45) is 0 Å². The molecule has 0 saturated carbocycles. The van der Waals surface area contributed by atoms with Gasteiger partial charge in [0.2, 0.25) is 0 Å². The quantitative estimate of drug-likeness (QED) is 0.722. The summed E-state index contributed by atoms with van der Waals surface area (Å²) < 4.78 is 23.1. The summed E-state index contributed by atoms with van der Waals surface area (Å²) in [5, 5.41) is 3.47. The third-order valence-corrected chi connectivity index (χ3v) is 5.63. The number of rotatable bonds is 10. The van der Waals surface area contributed by atoms with Crippen molar-refractivity contribution in [2.45, 2.75) is 52.5 Å². The smallest absolute Gasteiger partial charge is 0.150 e. The van der Waals surface area contributed by atoms with Gasteiger partial charge in [0.1, 0.15) is 9.84 Å². The molecule has 0 aliphatic heterocycles. The van der Waals surface area contributed by atoms with Gasteiger partial charge in [0.05, 0.1) is 5.75 Å². The zero-order valence-corrected chi connectivity index (χ0v) is 14.4. The Kier molecular flexibility index (Phi) is 7.97. The summed E-state index contributed by atoms with van der Waals surface area (Å²) in [7, 11) is -2.83. The van der Waals surface area contributed by atoms with Crippen molar-refractivity contribution in [3.05, 3.63) is 35.4 Å². The highest BCUT2D eigenvalue weighted by atomic mass is 32.2. The summed E-state index contributed by atoms with van der Waals surface area (Å²) in [5.74, 6) is 0.568. The summed E-state index contributed by atoms with van der Waals surface area (Å²) in [6.45, 7) is 6.84. The zero-order chi connectivity index (χ0) is 15.7. The number of benzene rings is 1. The van der Waals surface area contributed by atoms with Gasteiger partial charge >= 0.3 is 0 Å². The number of nitrogens with one attached hydrogen (secondary N) is 1. The van der Waals surface area contributed by atoms with Gasteiger partial charge in [-0.15, -0.1) is 0 Å². The fourth-order valence-electron chi connectivity index (χ4n) is 2.43. The Bertz CT molecular complexity index is 494. The molecule has 0 radical (unpaired) electrons. The molecule has 1 unspecified atom stereocenters. The molecule has 0 spiro atoms. The van der Waals surface area contributed by atoms with Gasteiger partial charge in [0.15, 0.2) is 0 Å². The second-order valence-electron chi connectivity index (χ2n) is 5.66. The second-order valence-corrected chi connectivity index (χ2v) is 8.13. The lowest BCUT2D eigenvalue weighted by Crippen LogP contribution is -2.30. The Morgan fingerprint density at radius 3 is 2.33 bits per heavy atom. The maximum atomic E-state index is 11.5. The first-order valence-electron chi connectivity index (χ1n) is 7.96. The molecule has 0 aromatic heterocycles. The van der Waals surface area contributed by atoms with Crippen LogP contribution in [0.5, 0.6) is 0 Å². The van der Waals surface area contributed by atoms with E-state index in [0.29, 0.717) is 11.8 Å². The van der Waals surface area contributed by atoms with E-state index in [1.807, 2.05) is 0 Å². The molecule has 1 aromatic carbocycles. The highest BCUT2D eigenvalue weighted by molar-refractivity contribution is 7.91. The first-order chi connectivity index (χ1) is 9.96. The lowest BCUT2D eigenvalue weighted by Gasteiger charge is -2.18. The minimum Gasteiger partial charge on any atom is -0.314 e. The number of hydrogen-bond acceptors (Lipinski definition) is 3. The standard InChI is InChI=1S/C17H29NO2S/c1-4-18-17(7-6-14-21(19,20)5-2)13-12-16-10-8-15(3)9-11-16/h8-11,17-18H,4-7,12-14H2,1-3H3. The fraction of sp³-hybridized carbons (Fsp3) is 0.647. The fourth-order valence-corrected chi connectivity index (χ4v) is 3.32. The molecule has 0 saturated heterocycles. The summed E-state index contributed by atoms with van der Waals surface area (Å²) in [4.78, 5) is 0. The molecule has 4 heteroatoms. The van der Waals surface area contributed by atoms with Crippen molar-refractivity contribution < 1.29 is 8.42 Å². The van der Waals surface area contributed by atoms with Crippen molar-refractivity contribution in [2.75, 3.05) is 18.1 Å². The van der Waals surface area contributed by atoms with Gasteiger partial charge in [0.25, 0.3) is 0 Å². The van der Waals surface area contributed by atoms with Crippen LogP contribution in [0.25, 0.3) is 0 Å². The molecule has 0 aliphatic carbocycles. The largest absolute Gasteiger partial charge is 0.314 e. The number of hydrogen-bond donors (Lipinski definition) is 1. The average molecular weight is 311 g/mol. The Labute approximate surface area is 130 Å². The molecule has 0 amide bonds. The van der Waals surface area contributed by atoms with Crippen LogP contribution in [0.3, 0.4) is 0 Å². The summed E-state index contributed by atoms with van der Waals surface area (Å²) in [6.07, 6.45) is 3.78. The van der Waals surface area contributed by atoms with Gasteiger partial charge in [-0.25, -0.2) is 8.42 Å². The third-order valence-electron chi connectivity index (χ3n) is 3.84. The van der Waals surface area contributed by atoms with E-state index in [2.05, 4.69) is 43.4 Å². The molecule has 0 fully saturated rings. The van der Waals surface area contributed by atoms with E-state index >= 15 is 0 Å². The average Bonchev–Trinajstić information content (AvgIpc) is 2.46. The molecule has 21 heavy (non-hydrogen) atoms. The first kappa shape index (κ1) is 18.2. The molecule has 1 atom stereocenters. The Morgan fingerprint density at radius 1 is 1.10 bits per heavy atom. The minimum absolute atomic E-state index is 0.252. The van der Waals surface area contributed by atoms with E-state index in [0.717, 1.165) is 32.2 Å². The van der Waals surface area contributed by atoms with Crippen LogP contribution in [0, 0.1) is 6.92 Å². The molecule has 0 heterocycles. The van der Waals surface area contributed by atoms with E-state index in [4.69, 9.17) is 0 Å². The predicted octanol–water partition coefficient (Wildman–Crippen LogP) is 3.12. The van der Waals surface area contributed by atoms with E-state index in [1.165, 1.54) is 11.1 Å². The summed E-state index contributed by atoms with van der Waals surface area (Å²) in [5.41, 5.74) is 2.64. The van der Waals surface area contributed by atoms with Gasteiger partial charge in [-0.2, -0.15) is 0 Å². The minimum atomic E-state index is -2.83. The molecule has 1 rings (SSSR count). The van der Waals surface area contributed by atoms with Gasteiger partial charge in [-0.05, 0) is 44.7 Å². The van der Waals surface area contributed by atoms with Crippen LogP contribution in [0.2, 0.25) is 0 Å².